The van der Waals surface area contributed by atoms with E-state index in [0.717, 1.165) is 6.54 Å². The zero-order valence-corrected chi connectivity index (χ0v) is 10.4. The molecule has 0 spiro atoms. The molecular formula is C13H18FN3O. The molecule has 0 aromatic heterocycles. The van der Waals surface area contributed by atoms with Crippen LogP contribution in [-0.2, 0) is 6.54 Å². The standard InChI is InChI=1S/C13H18FN3O/c1-13(4-5-13)8-16-7-10-3-2-9(6-11(10)14)12(15)17-18/h2-3,6,16,18H,4-5,7-8H2,1H3,(H2,15,17). The third-order valence-electron chi connectivity index (χ3n) is 3.43. The van der Waals surface area contributed by atoms with Gasteiger partial charge >= 0.3 is 0 Å². The van der Waals surface area contributed by atoms with E-state index in [9.17, 15) is 4.39 Å². The monoisotopic (exact) mass is 251 g/mol. The third kappa shape index (κ3) is 2.98. The van der Waals surface area contributed by atoms with E-state index in [2.05, 4.69) is 17.4 Å². The van der Waals surface area contributed by atoms with Crippen molar-refractivity contribution in [3.8, 4) is 0 Å². The van der Waals surface area contributed by atoms with E-state index < -0.39 is 0 Å². The molecule has 1 aliphatic carbocycles. The fourth-order valence-corrected chi connectivity index (χ4v) is 1.80. The van der Waals surface area contributed by atoms with E-state index in [1.54, 1.807) is 12.1 Å². The Labute approximate surface area is 106 Å². The number of halogens is 1. The summed E-state index contributed by atoms with van der Waals surface area (Å²) in [6.45, 7) is 3.63. The van der Waals surface area contributed by atoms with Crippen LogP contribution in [0.4, 0.5) is 4.39 Å². The molecule has 1 saturated carbocycles. The molecule has 0 unspecified atom stereocenters. The highest BCUT2D eigenvalue weighted by atomic mass is 19.1. The maximum Gasteiger partial charge on any atom is 0.170 e. The number of hydrogen-bond donors (Lipinski definition) is 3. The van der Waals surface area contributed by atoms with Crippen LogP contribution in [0.15, 0.2) is 23.4 Å². The Morgan fingerprint density at radius 1 is 1.56 bits per heavy atom. The smallest absolute Gasteiger partial charge is 0.170 e. The Balaban J connectivity index is 1.96. The quantitative estimate of drug-likeness (QED) is 0.323. The lowest BCUT2D eigenvalue weighted by atomic mass is 10.1. The highest BCUT2D eigenvalue weighted by molar-refractivity contribution is 5.97. The van der Waals surface area contributed by atoms with Crippen LogP contribution in [0.3, 0.4) is 0 Å². The van der Waals surface area contributed by atoms with E-state index >= 15 is 0 Å². The van der Waals surface area contributed by atoms with Crippen molar-refractivity contribution in [2.24, 2.45) is 16.3 Å². The summed E-state index contributed by atoms with van der Waals surface area (Å²) < 4.78 is 13.8. The first kappa shape index (κ1) is 12.8. The lowest BCUT2D eigenvalue weighted by Crippen LogP contribution is -2.22. The van der Waals surface area contributed by atoms with Gasteiger partial charge in [0.25, 0.3) is 0 Å². The zero-order valence-electron chi connectivity index (χ0n) is 10.4. The predicted molar refractivity (Wildman–Crippen MR) is 68.0 cm³/mol. The van der Waals surface area contributed by atoms with Crippen LogP contribution in [0.1, 0.15) is 30.9 Å². The molecule has 0 bridgehead atoms. The Morgan fingerprint density at radius 3 is 2.83 bits per heavy atom. The lowest BCUT2D eigenvalue weighted by Gasteiger charge is -2.11. The minimum atomic E-state index is -0.340. The van der Waals surface area contributed by atoms with Crippen molar-refractivity contribution < 1.29 is 9.60 Å². The fraction of sp³-hybridized carbons (Fsp3) is 0.462. The molecular weight excluding hydrogens is 233 g/mol. The average molecular weight is 251 g/mol. The van der Waals surface area contributed by atoms with Crippen LogP contribution in [0.2, 0.25) is 0 Å². The summed E-state index contributed by atoms with van der Waals surface area (Å²) in [4.78, 5) is 0. The number of oxime groups is 1. The second kappa shape index (κ2) is 4.94. The molecule has 1 aromatic carbocycles. The molecule has 98 valence electrons. The summed E-state index contributed by atoms with van der Waals surface area (Å²) in [7, 11) is 0. The number of nitrogens with two attached hydrogens (primary N) is 1. The molecule has 0 atom stereocenters. The van der Waals surface area contributed by atoms with Crippen molar-refractivity contribution >= 4 is 5.84 Å². The summed E-state index contributed by atoms with van der Waals surface area (Å²) in [5.41, 5.74) is 6.78. The number of hydrogen-bond acceptors (Lipinski definition) is 3. The van der Waals surface area contributed by atoms with Gasteiger partial charge < -0.3 is 16.3 Å². The first-order valence-corrected chi connectivity index (χ1v) is 6.01. The summed E-state index contributed by atoms with van der Waals surface area (Å²) in [6.07, 6.45) is 2.48. The van der Waals surface area contributed by atoms with E-state index in [0.29, 0.717) is 23.1 Å². The maximum absolute atomic E-state index is 13.8. The molecule has 18 heavy (non-hydrogen) atoms. The second-order valence-corrected chi connectivity index (χ2v) is 5.21. The Hall–Kier alpha value is -1.62. The molecule has 2 rings (SSSR count). The number of nitrogens with one attached hydrogen (secondary N) is 1. The number of rotatable bonds is 5. The van der Waals surface area contributed by atoms with Crippen molar-refractivity contribution in [1.82, 2.24) is 5.32 Å². The summed E-state index contributed by atoms with van der Waals surface area (Å²) in [5.74, 6) is -0.425. The average Bonchev–Trinajstić information content (AvgIpc) is 3.08. The minimum Gasteiger partial charge on any atom is -0.409 e. The zero-order chi connectivity index (χ0) is 13.2. The summed E-state index contributed by atoms with van der Waals surface area (Å²) >= 11 is 0. The van der Waals surface area contributed by atoms with Crippen LogP contribution < -0.4 is 11.1 Å². The highest BCUT2D eigenvalue weighted by Gasteiger charge is 2.36. The fourth-order valence-electron chi connectivity index (χ4n) is 1.80. The third-order valence-corrected chi connectivity index (χ3v) is 3.43. The van der Waals surface area contributed by atoms with Crippen LogP contribution in [0, 0.1) is 11.2 Å². The van der Waals surface area contributed by atoms with Gasteiger partial charge in [-0.2, -0.15) is 0 Å². The first-order chi connectivity index (χ1) is 8.54. The molecule has 0 heterocycles. The molecule has 4 nitrogen and oxygen atoms in total. The molecule has 0 radical (unpaired) electrons. The SMILES string of the molecule is CC1(CNCc2ccc(/C(N)=N/O)cc2F)CC1. The lowest BCUT2D eigenvalue weighted by molar-refractivity contribution is 0.318. The van der Waals surface area contributed by atoms with Crippen LogP contribution in [0.25, 0.3) is 0 Å². The van der Waals surface area contributed by atoms with Gasteiger partial charge in [-0.1, -0.05) is 24.2 Å². The molecule has 4 N–H and O–H groups in total. The summed E-state index contributed by atoms with van der Waals surface area (Å²) in [6, 6.07) is 4.59. The van der Waals surface area contributed by atoms with Crippen molar-refractivity contribution in [1.29, 1.82) is 0 Å². The Kier molecular flexibility index (Phi) is 3.52. The normalized spacial score (nSPS) is 17.8. The molecule has 0 amide bonds. The molecule has 0 aliphatic heterocycles. The van der Waals surface area contributed by atoms with Crippen LogP contribution in [-0.4, -0.2) is 17.6 Å². The van der Waals surface area contributed by atoms with Crippen molar-refractivity contribution in [3.05, 3.63) is 35.1 Å². The topological polar surface area (TPSA) is 70.6 Å². The van der Waals surface area contributed by atoms with E-state index in [1.807, 2.05) is 0 Å². The molecule has 1 fully saturated rings. The van der Waals surface area contributed by atoms with Gasteiger partial charge in [0.15, 0.2) is 5.84 Å². The van der Waals surface area contributed by atoms with Crippen molar-refractivity contribution in [3.63, 3.8) is 0 Å². The van der Waals surface area contributed by atoms with Gasteiger partial charge in [-0.3, -0.25) is 0 Å². The van der Waals surface area contributed by atoms with Gasteiger partial charge in [-0.05, 0) is 24.3 Å². The van der Waals surface area contributed by atoms with Crippen LogP contribution in [0.5, 0.6) is 0 Å². The molecule has 1 aliphatic rings. The van der Waals surface area contributed by atoms with Gasteiger partial charge in [-0.15, -0.1) is 0 Å². The van der Waals surface area contributed by atoms with Gasteiger partial charge in [0, 0.05) is 24.2 Å². The summed E-state index contributed by atoms with van der Waals surface area (Å²) in [5, 5.41) is 14.6. The molecule has 5 heteroatoms. The van der Waals surface area contributed by atoms with Crippen molar-refractivity contribution in [2.45, 2.75) is 26.3 Å². The molecule has 1 aromatic rings. The first-order valence-electron chi connectivity index (χ1n) is 6.01. The van der Waals surface area contributed by atoms with Gasteiger partial charge in [0.1, 0.15) is 5.82 Å². The van der Waals surface area contributed by atoms with Crippen LogP contribution >= 0.6 is 0 Å². The van der Waals surface area contributed by atoms with Crippen molar-refractivity contribution in [2.75, 3.05) is 6.54 Å². The molecule has 0 saturated heterocycles. The Bertz CT molecular complexity index is 469. The van der Waals surface area contributed by atoms with E-state index in [1.165, 1.54) is 18.9 Å². The van der Waals surface area contributed by atoms with Gasteiger partial charge in [0.2, 0.25) is 0 Å². The second-order valence-electron chi connectivity index (χ2n) is 5.21. The number of benzene rings is 1. The Morgan fingerprint density at radius 2 is 2.28 bits per heavy atom. The van der Waals surface area contributed by atoms with Gasteiger partial charge in [-0.25, -0.2) is 4.39 Å². The van der Waals surface area contributed by atoms with Gasteiger partial charge in [0.05, 0.1) is 0 Å². The maximum atomic E-state index is 13.8. The van der Waals surface area contributed by atoms with E-state index in [4.69, 9.17) is 10.9 Å². The number of amidine groups is 1. The largest absolute Gasteiger partial charge is 0.409 e. The van der Waals surface area contributed by atoms with E-state index in [-0.39, 0.29) is 11.7 Å². The highest BCUT2D eigenvalue weighted by Crippen LogP contribution is 2.44. The predicted octanol–water partition coefficient (Wildman–Crippen LogP) is 1.81. The number of nitrogens with zero attached hydrogens (tertiary/aromatic N) is 1. The minimum absolute atomic E-state index is 0.0844.